The van der Waals surface area contributed by atoms with Crippen molar-refractivity contribution in [3.05, 3.63) is 64.7 Å². The lowest BCUT2D eigenvalue weighted by Crippen LogP contribution is -2.22. The van der Waals surface area contributed by atoms with Crippen LogP contribution >= 0.6 is 11.6 Å². The zero-order valence-electron chi connectivity index (χ0n) is 11.2. The lowest BCUT2D eigenvalue weighted by Gasteiger charge is -2.21. The van der Waals surface area contributed by atoms with Crippen LogP contribution in [0.2, 0.25) is 5.02 Å². The van der Waals surface area contributed by atoms with Gasteiger partial charge in [0.2, 0.25) is 0 Å². The van der Waals surface area contributed by atoms with Crippen molar-refractivity contribution in [2.45, 2.75) is 6.42 Å². The second kappa shape index (κ2) is 6.44. The molecule has 3 nitrogen and oxygen atoms in total. The number of aromatic carboxylic acids is 1. The Bertz CT molecular complexity index is 599. The predicted octanol–water partition coefficient (Wildman–Crippen LogP) is 3.72. The molecule has 0 spiro atoms. The summed E-state index contributed by atoms with van der Waals surface area (Å²) in [6.45, 7) is 0.727. The Labute approximate surface area is 123 Å². The summed E-state index contributed by atoms with van der Waals surface area (Å²) in [4.78, 5) is 13.2. The molecule has 0 saturated carbocycles. The highest BCUT2D eigenvalue weighted by Gasteiger charge is 2.16. The number of carbonyl (C=O) groups is 1. The van der Waals surface area contributed by atoms with Gasteiger partial charge in [0.15, 0.2) is 0 Å². The van der Waals surface area contributed by atoms with Crippen molar-refractivity contribution in [3.63, 3.8) is 0 Å². The van der Waals surface area contributed by atoms with Crippen LogP contribution in [0.15, 0.2) is 48.5 Å². The zero-order valence-corrected chi connectivity index (χ0v) is 12.0. The maximum absolute atomic E-state index is 11.3. The minimum Gasteiger partial charge on any atom is -0.478 e. The number of hydrogen-bond acceptors (Lipinski definition) is 2. The summed E-state index contributed by atoms with van der Waals surface area (Å²) >= 11 is 5.98. The predicted molar refractivity (Wildman–Crippen MR) is 81.8 cm³/mol. The molecule has 0 aliphatic heterocycles. The number of carboxylic acid groups (broad SMARTS) is 1. The van der Waals surface area contributed by atoms with Gasteiger partial charge in [-0.1, -0.05) is 48.0 Å². The first-order valence-electron chi connectivity index (χ1n) is 6.36. The van der Waals surface area contributed by atoms with Gasteiger partial charge in [0.1, 0.15) is 5.56 Å². The Balaban J connectivity index is 2.15. The summed E-state index contributed by atoms with van der Waals surface area (Å²) in [5.74, 6) is -1.00. The van der Waals surface area contributed by atoms with Crippen molar-refractivity contribution >= 4 is 23.3 Å². The van der Waals surface area contributed by atoms with Crippen LogP contribution in [0.1, 0.15) is 15.9 Å². The van der Waals surface area contributed by atoms with Gasteiger partial charge in [-0.3, -0.25) is 0 Å². The zero-order chi connectivity index (χ0) is 14.5. The molecule has 20 heavy (non-hydrogen) atoms. The van der Waals surface area contributed by atoms with Crippen LogP contribution in [0, 0.1) is 0 Å². The summed E-state index contributed by atoms with van der Waals surface area (Å²) in [6, 6.07) is 15.2. The number of benzene rings is 2. The van der Waals surface area contributed by atoms with Crippen molar-refractivity contribution in [2.75, 3.05) is 18.5 Å². The fourth-order valence-corrected chi connectivity index (χ4v) is 2.35. The average Bonchev–Trinajstić information content (AvgIpc) is 2.45. The minimum atomic E-state index is -1.00. The molecule has 0 amide bonds. The van der Waals surface area contributed by atoms with E-state index in [1.54, 1.807) is 18.2 Å². The molecular weight excluding hydrogens is 274 g/mol. The molecule has 2 rings (SSSR count). The molecular formula is C16H16ClNO2. The van der Waals surface area contributed by atoms with Gasteiger partial charge in [-0.25, -0.2) is 4.79 Å². The molecule has 0 radical (unpaired) electrons. The molecule has 104 valence electrons. The summed E-state index contributed by atoms with van der Waals surface area (Å²) in [5, 5.41) is 9.53. The third-order valence-corrected chi connectivity index (χ3v) is 3.51. The van der Waals surface area contributed by atoms with Crippen molar-refractivity contribution in [3.8, 4) is 0 Å². The number of likely N-dealkylation sites (N-methyl/N-ethyl adjacent to an activating group) is 1. The molecule has 0 bridgehead atoms. The molecule has 1 N–H and O–H groups in total. The van der Waals surface area contributed by atoms with Gasteiger partial charge in [-0.15, -0.1) is 0 Å². The normalized spacial score (nSPS) is 10.3. The van der Waals surface area contributed by atoms with Gasteiger partial charge in [0.05, 0.1) is 10.7 Å². The first-order valence-corrected chi connectivity index (χ1v) is 6.74. The van der Waals surface area contributed by atoms with E-state index in [0.29, 0.717) is 5.69 Å². The topological polar surface area (TPSA) is 40.5 Å². The Morgan fingerprint density at radius 2 is 1.85 bits per heavy atom. The highest BCUT2D eigenvalue weighted by atomic mass is 35.5. The van der Waals surface area contributed by atoms with Crippen LogP contribution in [-0.4, -0.2) is 24.7 Å². The molecule has 4 heteroatoms. The van der Waals surface area contributed by atoms with E-state index in [-0.39, 0.29) is 10.6 Å². The first-order chi connectivity index (χ1) is 9.59. The van der Waals surface area contributed by atoms with Gasteiger partial charge < -0.3 is 10.0 Å². The van der Waals surface area contributed by atoms with Crippen LogP contribution in [-0.2, 0) is 6.42 Å². The molecule has 2 aromatic rings. The summed E-state index contributed by atoms with van der Waals surface area (Å²) in [5.41, 5.74) is 2.02. The molecule has 0 aliphatic rings. The Morgan fingerprint density at radius 1 is 1.15 bits per heavy atom. The number of nitrogens with zero attached hydrogens (tertiary/aromatic N) is 1. The lowest BCUT2D eigenvalue weighted by molar-refractivity contribution is 0.0698. The number of halogens is 1. The van der Waals surface area contributed by atoms with E-state index in [1.807, 2.05) is 30.1 Å². The number of hydrogen-bond donors (Lipinski definition) is 1. The average molecular weight is 290 g/mol. The van der Waals surface area contributed by atoms with Gasteiger partial charge in [-0.05, 0) is 24.1 Å². The van der Waals surface area contributed by atoms with Gasteiger partial charge in [0.25, 0.3) is 0 Å². The van der Waals surface area contributed by atoms with E-state index in [2.05, 4.69) is 12.1 Å². The van der Waals surface area contributed by atoms with Crippen molar-refractivity contribution < 1.29 is 9.90 Å². The van der Waals surface area contributed by atoms with E-state index in [4.69, 9.17) is 11.6 Å². The molecule has 2 aromatic carbocycles. The third kappa shape index (κ3) is 3.31. The van der Waals surface area contributed by atoms with Gasteiger partial charge in [-0.2, -0.15) is 0 Å². The van der Waals surface area contributed by atoms with E-state index in [0.717, 1.165) is 13.0 Å². The molecule has 0 unspecified atom stereocenters. The standard InChI is InChI=1S/C16H16ClNO2/c1-18(11-10-12-6-3-2-4-7-12)14-9-5-8-13(17)15(14)16(19)20/h2-9H,10-11H2,1H3,(H,19,20). The smallest absolute Gasteiger partial charge is 0.339 e. The van der Waals surface area contributed by atoms with Crippen LogP contribution in [0.4, 0.5) is 5.69 Å². The molecule has 0 aromatic heterocycles. The van der Waals surface area contributed by atoms with Crippen molar-refractivity contribution in [2.24, 2.45) is 0 Å². The van der Waals surface area contributed by atoms with Crippen LogP contribution in [0.25, 0.3) is 0 Å². The summed E-state index contributed by atoms with van der Waals surface area (Å²) < 4.78 is 0. The van der Waals surface area contributed by atoms with E-state index < -0.39 is 5.97 Å². The molecule has 0 saturated heterocycles. The Hall–Kier alpha value is -2.00. The Morgan fingerprint density at radius 3 is 2.50 bits per heavy atom. The molecule has 0 atom stereocenters. The monoisotopic (exact) mass is 289 g/mol. The van der Waals surface area contributed by atoms with E-state index in [1.165, 1.54) is 5.56 Å². The van der Waals surface area contributed by atoms with Crippen LogP contribution in [0.5, 0.6) is 0 Å². The summed E-state index contributed by atoms with van der Waals surface area (Å²) in [7, 11) is 1.88. The lowest BCUT2D eigenvalue weighted by atomic mass is 10.1. The largest absolute Gasteiger partial charge is 0.478 e. The molecule has 0 aliphatic carbocycles. The van der Waals surface area contributed by atoms with Gasteiger partial charge >= 0.3 is 5.97 Å². The highest BCUT2D eigenvalue weighted by molar-refractivity contribution is 6.34. The van der Waals surface area contributed by atoms with Crippen LogP contribution in [0.3, 0.4) is 0 Å². The number of anilines is 1. The quantitative estimate of drug-likeness (QED) is 0.912. The van der Waals surface area contributed by atoms with Crippen molar-refractivity contribution in [1.82, 2.24) is 0 Å². The minimum absolute atomic E-state index is 0.157. The SMILES string of the molecule is CN(CCc1ccccc1)c1cccc(Cl)c1C(=O)O. The number of carboxylic acids is 1. The van der Waals surface area contributed by atoms with Crippen LogP contribution < -0.4 is 4.90 Å². The Kier molecular flexibility index (Phi) is 4.64. The first kappa shape index (κ1) is 14.4. The second-order valence-corrected chi connectivity index (χ2v) is 5.00. The summed E-state index contributed by atoms with van der Waals surface area (Å²) in [6.07, 6.45) is 0.850. The third-order valence-electron chi connectivity index (χ3n) is 3.20. The highest BCUT2D eigenvalue weighted by Crippen LogP contribution is 2.27. The maximum Gasteiger partial charge on any atom is 0.339 e. The van der Waals surface area contributed by atoms with E-state index >= 15 is 0 Å². The second-order valence-electron chi connectivity index (χ2n) is 4.60. The fraction of sp³-hybridized carbons (Fsp3) is 0.188. The van der Waals surface area contributed by atoms with Gasteiger partial charge in [0, 0.05) is 13.6 Å². The fourth-order valence-electron chi connectivity index (χ4n) is 2.10. The molecule has 0 heterocycles. The molecule has 0 fully saturated rings. The number of rotatable bonds is 5. The van der Waals surface area contributed by atoms with E-state index in [9.17, 15) is 9.90 Å². The van der Waals surface area contributed by atoms with Crippen molar-refractivity contribution in [1.29, 1.82) is 0 Å². The maximum atomic E-state index is 11.3.